The maximum absolute atomic E-state index is 13.0. The number of hydrogen-bond acceptors (Lipinski definition) is 6. The molecular formula is C27H39NO6. The number of rotatable bonds is 11. The number of ether oxygens (including phenoxy) is 1. The lowest BCUT2D eigenvalue weighted by Crippen LogP contribution is -2.57. The number of aromatic hydroxyl groups is 1. The number of phenolic OH excluding ortho intramolecular Hbond substituents is 1. The van der Waals surface area contributed by atoms with Gasteiger partial charge in [-0.1, -0.05) is 53.7 Å². The van der Waals surface area contributed by atoms with E-state index in [0.717, 1.165) is 18.4 Å². The topological polar surface area (TPSA) is 119 Å². The number of aliphatic hydroxyl groups excluding tert-OH is 3. The first-order chi connectivity index (χ1) is 15.9. The van der Waals surface area contributed by atoms with Crippen LogP contribution in [0.1, 0.15) is 75.9 Å². The third kappa shape index (κ3) is 5.90. The summed E-state index contributed by atoms with van der Waals surface area (Å²) >= 11 is 0. The van der Waals surface area contributed by atoms with Crippen LogP contribution in [0.25, 0.3) is 0 Å². The smallest absolute Gasteiger partial charge is 0.255 e. The lowest BCUT2D eigenvalue weighted by molar-refractivity contribution is 0.0374. The summed E-state index contributed by atoms with van der Waals surface area (Å²) in [4.78, 5) is 13.0. The molecule has 0 unspecified atom stereocenters. The van der Waals surface area contributed by atoms with E-state index in [-0.39, 0.29) is 27.9 Å². The second-order valence-electron chi connectivity index (χ2n) is 10.2. The minimum atomic E-state index is -1.61. The number of hydrogen-bond donors (Lipinski definition) is 5. The van der Waals surface area contributed by atoms with E-state index in [1.165, 1.54) is 23.8 Å². The highest BCUT2D eigenvalue weighted by Gasteiger charge is 2.32. The Morgan fingerprint density at radius 1 is 0.853 bits per heavy atom. The van der Waals surface area contributed by atoms with Crippen molar-refractivity contribution in [3.8, 4) is 17.2 Å². The summed E-state index contributed by atoms with van der Waals surface area (Å²) in [6, 6.07) is 10.3. The highest BCUT2D eigenvalue weighted by Crippen LogP contribution is 2.41. The molecule has 0 bridgehead atoms. The van der Waals surface area contributed by atoms with E-state index in [0.29, 0.717) is 5.75 Å². The summed E-state index contributed by atoms with van der Waals surface area (Å²) in [6.07, 6.45) is 1.85. The van der Waals surface area contributed by atoms with Crippen molar-refractivity contribution in [2.24, 2.45) is 0 Å². The largest absolute Gasteiger partial charge is 0.508 e. The van der Waals surface area contributed by atoms with Crippen LogP contribution < -0.4 is 10.1 Å². The fourth-order valence-electron chi connectivity index (χ4n) is 3.44. The van der Waals surface area contributed by atoms with Crippen molar-refractivity contribution in [1.29, 1.82) is 0 Å². The predicted molar refractivity (Wildman–Crippen MR) is 133 cm³/mol. The maximum atomic E-state index is 13.0. The molecule has 0 saturated carbocycles. The molecule has 0 aliphatic rings. The zero-order chi connectivity index (χ0) is 25.7. The molecule has 0 saturated heterocycles. The van der Waals surface area contributed by atoms with Crippen molar-refractivity contribution < 1.29 is 30.0 Å². The summed E-state index contributed by atoms with van der Waals surface area (Å²) < 4.78 is 6.26. The Morgan fingerprint density at radius 3 is 1.94 bits per heavy atom. The molecule has 5 N–H and O–H groups in total. The van der Waals surface area contributed by atoms with Crippen LogP contribution in [0.5, 0.6) is 17.2 Å². The maximum Gasteiger partial charge on any atom is 0.255 e. The number of benzene rings is 2. The molecule has 0 atom stereocenters. The number of phenols is 1. The molecule has 2 rings (SSSR count). The highest BCUT2D eigenvalue weighted by atomic mass is 16.5. The van der Waals surface area contributed by atoms with Gasteiger partial charge >= 0.3 is 0 Å². The summed E-state index contributed by atoms with van der Waals surface area (Å²) in [5, 5.41) is 41.2. The van der Waals surface area contributed by atoms with Gasteiger partial charge in [0.25, 0.3) is 5.91 Å². The molecule has 1 amide bonds. The van der Waals surface area contributed by atoms with Gasteiger partial charge in [0.05, 0.1) is 25.4 Å². The first kappa shape index (κ1) is 27.6. The van der Waals surface area contributed by atoms with Crippen molar-refractivity contribution in [2.45, 2.75) is 70.8 Å². The van der Waals surface area contributed by atoms with Gasteiger partial charge in [-0.25, -0.2) is 0 Å². The molecule has 0 spiro atoms. The zero-order valence-corrected chi connectivity index (χ0v) is 21.1. The number of amides is 1. The Hall–Kier alpha value is -2.61. The van der Waals surface area contributed by atoms with Crippen LogP contribution in [0, 0.1) is 0 Å². The van der Waals surface area contributed by atoms with E-state index in [1.807, 2.05) is 12.1 Å². The van der Waals surface area contributed by atoms with Crippen molar-refractivity contribution in [1.82, 2.24) is 5.32 Å². The Labute approximate surface area is 202 Å². The van der Waals surface area contributed by atoms with E-state index in [2.05, 4.69) is 52.9 Å². The molecular weight excluding hydrogens is 434 g/mol. The molecule has 7 heteroatoms. The van der Waals surface area contributed by atoms with E-state index < -0.39 is 31.3 Å². The number of carbonyl (C=O) groups excluding carboxylic acids is 1. The van der Waals surface area contributed by atoms with Crippen LogP contribution in [-0.2, 0) is 10.8 Å². The number of carbonyl (C=O) groups is 1. The Bertz CT molecular complexity index is 986. The molecule has 0 heterocycles. The van der Waals surface area contributed by atoms with E-state index in [4.69, 9.17) is 4.74 Å². The van der Waals surface area contributed by atoms with Crippen LogP contribution in [0.2, 0.25) is 0 Å². The minimum absolute atomic E-state index is 0.0110. The van der Waals surface area contributed by atoms with Crippen molar-refractivity contribution >= 4 is 5.91 Å². The fraction of sp³-hybridized carbons (Fsp3) is 0.519. The summed E-state index contributed by atoms with van der Waals surface area (Å²) in [5.41, 5.74) is 0.391. The molecule has 0 aliphatic carbocycles. The second-order valence-corrected chi connectivity index (χ2v) is 10.2. The average molecular weight is 474 g/mol. The highest BCUT2D eigenvalue weighted by molar-refractivity contribution is 5.98. The third-order valence-corrected chi connectivity index (χ3v) is 6.97. The molecule has 34 heavy (non-hydrogen) atoms. The van der Waals surface area contributed by atoms with Gasteiger partial charge in [-0.2, -0.15) is 0 Å². The molecule has 7 nitrogen and oxygen atoms in total. The van der Waals surface area contributed by atoms with E-state index in [1.54, 1.807) is 0 Å². The SMILES string of the molecule is CCC(C)(C)c1ccc(Oc2ccc(O)cc2C(=O)NC(CO)(CO)CO)c(C(C)(C)CC)c1. The van der Waals surface area contributed by atoms with Gasteiger partial charge in [-0.05, 0) is 53.5 Å². The molecule has 2 aromatic rings. The standard InChI is InChI=1S/C27H39NO6/c1-7-25(3,4)18-9-11-23(21(13-18)26(5,6)8-2)34-22-12-10-19(32)14-20(22)24(33)28-27(15-29,16-30)17-31/h9-14,29-32H,7-8,15-17H2,1-6H3,(H,28,33). The average Bonchev–Trinajstić information content (AvgIpc) is 2.83. The van der Waals surface area contributed by atoms with Crippen molar-refractivity contribution in [3.05, 3.63) is 53.1 Å². The van der Waals surface area contributed by atoms with Gasteiger partial charge in [0.1, 0.15) is 22.8 Å². The van der Waals surface area contributed by atoms with Crippen LogP contribution in [0.3, 0.4) is 0 Å². The Morgan fingerprint density at radius 2 is 1.41 bits per heavy atom. The van der Waals surface area contributed by atoms with Gasteiger partial charge < -0.3 is 30.5 Å². The first-order valence-corrected chi connectivity index (χ1v) is 11.7. The van der Waals surface area contributed by atoms with Gasteiger partial charge in [0.2, 0.25) is 0 Å². The predicted octanol–water partition coefficient (Wildman–Crippen LogP) is 4.01. The van der Waals surface area contributed by atoms with Crippen LogP contribution >= 0.6 is 0 Å². The van der Waals surface area contributed by atoms with Gasteiger partial charge in [0, 0.05) is 5.56 Å². The van der Waals surface area contributed by atoms with Crippen LogP contribution in [0.4, 0.5) is 0 Å². The fourth-order valence-corrected chi connectivity index (χ4v) is 3.44. The lowest BCUT2D eigenvalue weighted by Gasteiger charge is -2.31. The summed E-state index contributed by atoms with van der Waals surface area (Å²) in [7, 11) is 0. The zero-order valence-electron chi connectivity index (χ0n) is 21.1. The molecule has 0 aromatic heterocycles. The quantitative estimate of drug-likeness (QED) is 0.336. The van der Waals surface area contributed by atoms with Crippen LogP contribution in [-0.4, -0.2) is 51.7 Å². The molecule has 0 aliphatic heterocycles. The van der Waals surface area contributed by atoms with E-state index >= 15 is 0 Å². The van der Waals surface area contributed by atoms with Gasteiger partial charge in [-0.3, -0.25) is 4.79 Å². The monoisotopic (exact) mass is 473 g/mol. The molecule has 0 radical (unpaired) electrons. The molecule has 0 fully saturated rings. The van der Waals surface area contributed by atoms with Gasteiger partial charge in [0.15, 0.2) is 0 Å². The molecule has 2 aromatic carbocycles. The number of nitrogens with one attached hydrogen (secondary N) is 1. The van der Waals surface area contributed by atoms with Crippen LogP contribution in [0.15, 0.2) is 36.4 Å². The normalized spacial score (nSPS) is 12.5. The molecule has 188 valence electrons. The minimum Gasteiger partial charge on any atom is -0.508 e. The van der Waals surface area contributed by atoms with Crippen molar-refractivity contribution in [3.63, 3.8) is 0 Å². The van der Waals surface area contributed by atoms with Gasteiger partial charge in [-0.15, -0.1) is 0 Å². The number of aliphatic hydroxyl groups is 3. The summed E-state index contributed by atoms with van der Waals surface area (Å²) in [6.45, 7) is 11.0. The third-order valence-electron chi connectivity index (χ3n) is 6.97. The first-order valence-electron chi connectivity index (χ1n) is 11.7. The lowest BCUT2D eigenvalue weighted by atomic mass is 9.76. The van der Waals surface area contributed by atoms with E-state index in [9.17, 15) is 25.2 Å². The Balaban J connectivity index is 2.56. The van der Waals surface area contributed by atoms with Crippen molar-refractivity contribution in [2.75, 3.05) is 19.8 Å². The second kappa shape index (κ2) is 10.8. The Kier molecular flexibility index (Phi) is 8.75. The summed E-state index contributed by atoms with van der Waals surface area (Å²) in [5.74, 6) is -0.0500.